The summed E-state index contributed by atoms with van der Waals surface area (Å²) in [7, 11) is 0. The van der Waals surface area contributed by atoms with E-state index in [0.717, 1.165) is 5.56 Å². The molecule has 0 spiro atoms. The van der Waals surface area contributed by atoms with Crippen molar-refractivity contribution in [2.45, 2.75) is 19.8 Å². The molecule has 2 amide bonds. The second-order valence-electron chi connectivity index (χ2n) is 5.84. The molecule has 1 saturated carbocycles. The average molecular weight is 329 g/mol. The monoisotopic (exact) mass is 328 g/mol. The van der Waals surface area contributed by atoms with Crippen LogP contribution in [0.4, 0.5) is 11.4 Å². The fourth-order valence-electron chi connectivity index (χ4n) is 2.46. The minimum Gasteiger partial charge on any atom is -0.325 e. The van der Waals surface area contributed by atoms with E-state index in [9.17, 15) is 9.59 Å². The van der Waals surface area contributed by atoms with Crippen molar-refractivity contribution in [3.63, 3.8) is 0 Å². The van der Waals surface area contributed by atoms with E-state index in [1.165, 1.54) is 0 Å². The maximum absolute atomic E-state index is 12.5. The molecule has 0 heterocycles. The Balaban J connectivity index is 1.72. The minimum absolute atomic E-state index is 0.271. The molecular formula is C18H17ClN2O2. The maximum atomic E-state index is 12.5. The Bertz CT molecular complexity index is 769. The molecule has 4 nitrogen and oxygen atoms in total. The van der Waals surface area contributed by atoms with Gasteiger partial charge in [0.05, 0.1) is 10.7 Å². The summed E-state index contributed by atoms with van der Waals surface area (Å²) >= 11 is 6.05. The van der Waals surface area contributed by atoms with Crippen molar-refractivity contribution in [3.8, 4) is 0 Å². The Morgan fingerprint density at radius 1 is 1.00 bits per heavy atom. The van der Waals surface area contributed by atoms with Crippen LogP contribution in [0.1, 0.15) is 18.4 Å². The Labute approximate surface area is 139 Å². The number of benzene rings is 2. The molecule has 3 rings (SSSR count). The van der Waals surface area contributed by atoms with Crippen LogP contribution in [0.2, 0.25) is 5.02 Å². The predicted octanol–water partition coefficient (Wildman–Crippen LogP) is 4.01. The Kier molecular flexibility index (Phi) is 4.09. The molecule has 1 fully saturated rings. The highest BCUT2D eigenvalue weighted by atomic mass is 35.5. The van der Waals surface area contributed by atoms with Crippen molar-refractivity contribution < 1.29 is 9.59 Å². The van der Waals surface area contributed by atoms with Crippen molar-refractivity contribution in [1.82, 2.24) is 0 Å². The zero-order valence-corrected chi connectivity index (χ0v) is 13.5. The lowest BCUT2D eigenvalue weighted by Crippen LogP contribution is -2.35. The topological polar surface area (TPSA) is 58.2 Å². The number of amides is 2. The van der Waals surface area contributed by atoms with Crippen molar-refractivity contribution >= 4 is 34.8 Å². The van der Waals surface area contributed by atoms with Crippen LogP contribution in [-0.4, -0.2) is 11.8 Å². The van der Waals surface area contributed by atoms with E-state index in [1.807, 2.05) is 31.2 Å². The largest absolute Gasteiger partial charge is 0.325 e. The van der Waals surface area contributed by atoms with E-state index in [1.54, 1.807) is 24.3 Å². The van der Waals surface area contributed by atoms with Gasteiger partial charge in [0.25, 0.3) is 0 Å². The fraction of sp³-hybridized carbons (Fsp3) is 0.222. The number of aryl methyl sites for hydroxylation is 1. The summed E-state index contributed by atoms with van der Waals surface area (Å²) in [5.74, 6) is -0.580. The van der Waals surface area contributed by atoms with Crippen LogP contribution in [-0.2, 0) is 9.59 Å². The molecular weight excluding hydrogens is 312 g/mol. The van der Waals surface area contributed by atoms with Gasteiger partial charge in [0, 0.05) is 5.69 Å². The molecule has 0 unspecified atom stereocenters. The highest BCUT2D eigenvalue weighted by Crippen LogP contribution is 2.47. The summed E-state index contributed by atoms with van der Waals surface area (Å²) in [6.45, 7) is 1.95. The molecule has 0 bridgehead atoms. The lowest BCUT2D eigenvalue weighted by molar-refractivity contribution is -0.131. The van der Waals surface area contributed by atoms with Gasteiger partial charge in [-0.05, 0) is 49.6 Å². The van der Waals surface area contributed by atoms with Gasteiger partial charge in [-0.2, -0.15) is 0 Å². The Morgan fingerprint density at radius 3 is 2.35 bits per heavy atom. The van der Waals surface area contributed by atoms with Crippen molar-refractivity contribution in [1.29, 1.82) is 0 Å². The molecule has 2 N–H and O–H groups in total. The number of para-hydroxylation sites is 1. The van der Waals surface area contributed by atoms with Crippen LogP contribution in [0.15, 0.2) is 48.5 Å². The zero-order chi connectivity index (χ0) is 16.4. The van der Waals surface area contributed by atoms with Gasteiger partial charge in [0.2, 0.25) is 11.8 Å². The van der Waals surface area contributed by atoms with Crippen molar-refractivity contribution in [2.24, 2.45) is 5.41 Å². The van der Waals surface area contributed by atoms with E-state index in [4.69, 9.17) is 11.6 Å². The zero-order valence-electron chi connectivity index (χ0n) is 12.7. The van der Waals surface area contributed by atoms with Gasteiger partial charge in [0.1, 0.15) is 5.41 Å². The van der Waals surface area contributed by atoms with Crippen molar-refractivity contribution in [3.05, 3.63) is 59.1 Å². The van der Waals surface area contributed by atoms with Crippen LogP contribution >= 0.6 is 11.6 Å². The highest BCUT2D eigenvalue weighted by Gasteiger charge is 2.56. The van der Waals surface area contributed by atoms with Crippen LogP contribution in [0.3, 0.4) is 0 Å². The third-order valence-electron chi connectivity index (χ3n) is 4.02. The van der Waals surface area contributed by atoms with E-state index in [2.05, 4.69) is 10.6 Å². The fourth-order valence-corrected chi connectivity index (χ4v) is 2.64. The Hall–Kier alpha value is -2.33. The van der Waals surface area contributed by atoms with Crippen LogP contribution < -0.4 is 10.6 Å². The Morgan fingerprint density at radius 2 is 1.70 bits per heavy atom. The van der Waals surface area contributed by atoms with E-state index >= 15 is 0 Å². The maximum Gasteiger partial charge on any atom is 0.240 e. The van der Waals surface area contributed by atoms with Gasteiger partial charge in [-0.3, -0.25) is 9.59 Å². The van der Waals surface area contributed by atoms with Gasteiger partial charge >= 0.3 is 0 Å². The first-order valence-electron chi connectivity index (χ1n) is 7.45. The number of nitrogens with one attached hydrogen (secondary N) is 2. The average Bonchev–Trinajstić information content (AvgIpc) is 3.31. The standard InChI is InChI=1S/C18H17ClN2O2/c1-12-5-4-6-13(11-12)20-16(22)18(9-10-18)17(23)21-15-8-3-2-7-14(15)19/h2-8,11H,9-10H2,1H3,(H,20,22)(H,21,23). The lowest BCUT2D eigenvalue weighted by Gasteiger charge is -2.16. The normalized spacial score (nSPS) is 14.9. The van der Waals surface area contributed by atoms with E-state index in [-0.39, 0.29) is 11.8 Å². The molecule has 2 aromatic carbocycles. The third kappa shape index (κ3) is 3.22. The van der Waals surface area contributed by atoms with Crippen LogP contribution in [0.25, 0.3) is 0 Å². The second-order valence-corrected chi connectivity index (χ2v) is 6.25. The van der Waals surface area contributed by atoms with Gasteiger partial charge in [-0.25, -0.2) is 0 Å². The summed E-state index contributed by atoms with van der Waals surface area (Å²) in [5.41, 5.74) is 1.27. The summed E-state index contributed by atoms with van der Waals surface area (Å²) in [5, 5.41) is 6.05. The molecule has 1 aliphatic carbocycles. The number of carbonyl (C=O) groups is 2. The molecule has 118 valence electrons. The summed E-state index contributed by atoms with van der Waals surface area (Å²) in [6, 6.07) is 14.5. The van der Waals surface area contributed by atoms with Crippen molar-refractivity contribution in [2.75, 3.05) is 10.6 Å². The van der Waals surface area contributed by atoms with Crippen LogP contribution in [0, 0.1) is 12.3 Å². The van der Waals surface area contributed by atoms with Gasteiger partial charge in [0.15, 0.2) is 0 Å². The number of carbonyl (C=O) groups excluding carboxylic acids is 2. The third-order valence-corrected chi connectivity index (χ3v) is 4.35. The molecule has 0 aliphatic heterocycles. The number of hydrogen-bond donors (Lipinski definition) is 2. The summed E-state index contributed by atoms with van der Waals surface area (Å²) < 4.78 is 0. The summed E-state index contributed by atoms with van der Waals surface area (Å²) in [6.07, 6.45) is 1.09. The highest BCUT2D eigenvalue weighted by molar-refractivity contribution is 6.34. The van der Waals surface area contributed by atoms with E-state index in [0.29, 0.717) is 29.2 Å². The van der Waals surface area contributed by atoms with Gasteiger partial charge < -0.3 is 10.6 Å². The molecule has 0 radical (unpaired) electrons. The number of halogens is 1. The molecule has 23 heavy (non-hydrogen) atoms. The van der Waals surface area contributed by atoms with E-state index < -0.39 is 5.41 Å². The quantitative estimate of drug-likeness (QED) is 0.833. The van der Waals surface area contributed by atoms with Gasteiger partial charge in [-0.15, -0.1) is 0 Å². The first-order chi connectivity index (χ1) is 11.0. The minimum atomic E-state index is -0.997. The first-order valence-corrected chi connectivity index (χ1v) is 7.83. The molecule has 0 atom stereocenters. The lowest BCUT2D eigenvalue weighted by atomic mass is 10.0. The number of rotatable bonds is 4. The molecule has 2 aromatic rings. The molecule has 0 aromatic heterocycles. The number of hydrogen-bond acceptors (Lipinski definition) is 2. The van der Waals surface area contributed by atoms with Gasteiger partial charge in [-0.1, -0.05) is 35.9 Å². The second kappa shape index (κ2) is 6.05. The number of anilines is 2. The predicted molar refractivity (Wildman–Crippen MR) is 91.6 cm³/mol. The first kappa shape index (κ1) is 15.6. The molecule has 0 saturated heterocycles. The SMILES string of the molecule is Cc1cccc(NC(=O)C2(C(=O)Nc3ccccc3Cl)CC2)c1. The molecule has 1 aliphatic rings. The smallest absolute Gasteiger partial charge is 0.240 e. The summed E-state index contributed by atoms with van der Waals surface area (Å²) in [4.78, 5) is 25.0. The molecule has 5 heteroatoms. The van der Waals surface area contributed by atoms with Crippen LogP contribution in [0.5, 0.6) is 0 Å².